The Morgan fingerprint density at radius 3 is 2.64 bits per heavy atom. The molecule has 4 rings (SSSR count). The summed E-state index contributed by atoms with van der Waals surface area (Å²) in [5, 5.41) is 9.61. The Kier molecular flexibility index (Phi) is 5.97. The Balaban J connectivity index is 1.58. The van der Waals surface area contributed by atoms with Gasteiger partial charge in [-0.05, 0) is 37.7 Å². The maximum Gasteiger partial charge on any atom is 0.406 e. The lowest BCUT2D eigenvalue weighted by atomic mass is 9.85. The summed E-state index contributed by atoms with van der Waals surface area (Å²) in [4.78, 5) is 47.3. The molecule has 0 bridgehead atoms. The number of pyridine rings is 1. The van der Waals surface area contributed by atoms with Gasteiger partial charge in [0.2, 0.25) is 5.91 Å². The van der Waals surface area contributed by atoms with Gasteiger partial charge in [0.05, 0.1) is 17.0 Å². The average molecular weight is 462 g/mol. The maximum atomic E-state index is 12.9. The zero-order valence-electron chi connectivity index (χ0n) is 17.5. The molecule has 0 aromatic carbocycles. The fraction of sp³-hybridized carbons (Fsp3) is 0.476. The Hall–Kier alpha value is -3.62. The lowest BCUT2D eigenvalue weighted by Gasteiger charge is -2.34. The first kappa shape index (κ1) is 22.6. The summed E-state index contributed by atoms with van der Waals surface area (Å²) in [6.45, 7) is -1.49. The number of halogens is 3. The topological polar surface area (TPSA) is 128 Å². The van der Waals surface area contributed by atoms with Crippen LogP contribution in [-0.2, 0) is 4.79 Å². The van der Waals surface area contributed by atoms with Gasteiger partial charge in [-0.3, -0.25) is 19.1 Å². The monoisotopic (exact) mass is 462 g/mol. The SMILES string of the molecule is N#CCC(=O)N(CC1CCC(n2c(=O)[nH]c(=O)c3cnc4[nH]ccc4c32)CC1)CC(F)(F)F. The molecule has 0 unspecified atom stereocenters. The summed E-state index contributed by atoms with van der Waals surface area (Å²) in [5.41, 5.74) is -0.0723. The lowest BCUT2D eigenvalue weighted by molar-refractivity contribution is -0.162. The summed E-state index contributed by atoms with van der Waals surface area (Å²) in [6.07, 6.45) is -0.119. The van der Waals surface area contributed by atoms with E-state index in [2.05, 4.69) is 15.0 Å². The predicted octanol–water partition coefficient (Wildman–Crippen LogP) is 2.60. The number of aromatic amines is 2. The van der Waals surface area contributed by atoms with Crippen molar-refractivity contribution in [3.63, 3.8) is 0 Å². The standard InChI is InChI=1S/C21H21F3N6O3/c22-21(23,24)11-29(16(31)5-7-25)10-12-1-3-13(4-2-12)30-17-14-6-8-26-18(14)27-9-15(17)19(32)28-20(30)33/h6,8-9,12-13H,1-5,10-11H2,(H,26,27)(H,28,32,33). The quantitative estimate of drug-likeness (QED) is 0.603. The van der Waals surface area contributed by atoms with Crippen molar-refractivity contribution in [2.75, 3.05) is 13.1 Å². The second kappa shape index (κ2) is 8.73. The first-order chi connectivity index (χ1) is 15.7. The Morgan fingerprint density at radius 2 is 1.97 bits per heavy atom. The molecule has 174 valence electrons. The van der Waals surface area contributed by atoms with E-state index in [-0.39, 0.29) is 23.9 Å². The van der Waals surface area contributed by atoms with Crippen molar-refractivity contribution < 1.29 is 18.0 Å². The fourth-order valence-corrected chi connectivity index (χ4v) is 4.64. The van der Waals surface area contributed by atoms with Crippen molar-refractivity contribution in [1.29, 1.82) is 5.26 Å². The molecule has 3 aromatic heterocycles. The zero-order valence-corrected chi connectivity index (χ0v) is 17.5. The van der Waals surface area contributed by atoms with Crippen LogP contribution in [0.4, 0.5) is 13.2 Å². The molecule has 1 aliphatic rings. The van der Waals surface area contributed by atoms with E-state index in [0.717, 1.165) is 0 Å². The molecule has 1 amide bonds. The van der Waals surface area contributed by atoms with Crippen LogP contribution in [-0.4, -0.2) is 49.6 Å². The minimum absolute atomic E-state index is 0.0972. The molecular formula is C21H21F3N6O3. The van der Waals surface area contributed by atoms with E-state index in [1.54, 1.807) is 22.9 Å². The van der Waals surface area contributed by atoms with Crippen LogP contribution in [0.15, 0.2) is 28.0 Å². The molecule has 1 saturated carbocycles. The number of hydrogen-bond donors (Lipinski definition) is 2. The van der Waals surface area contributed by atoms with Gasteiger partial charge in [-0.1, -0.05) is 0 Å². The fourth-order valence-electron chi connectivity index (χ4n) is 4.64. The number of fused-ring (bicyclic) bond motifs is 3. The number of nitrogens with zero attached hydrogens (tertiary/aromatic N) is 4. The van der Waals surface area contributed by atoms with Gasteiger partial charge in [0.1, 0.15) is 18.6 Å². The third-order valence-electron chi connectivity index (χ3n) is 6.10. The number of nitriles is 1. The van der Waals surface area contributed by atoms with Gasteiger partial charge >= 0.3 is 11.9 Å². The first-order valence-corrected chi connectivity index (χ1v) is 10.5. The van der Waals surface area contributed by atoms with Gasteiger partial charge in [-0.15, -0.1) is 0 Å². The molecule has 9 nitrogen and oxygen atoms in total. The van der Waals surface area contributed by atoms with Crippen LogP contribution < -0.4 is 11.2 Å². The second-order valence-corrected chi connectivity index (χ2v) is 8.29. The number of amides is 1. The molecule has 33 heavy (non-hydrogen) atoms. The first-order valence-electron chi connectivity index (χ1n) is 10.5. The van der Waals surface area contributed by atoms with E-state index in [1.807, 2.05) is 0 Å². The van der Waals surface area contributed by atoms with E-state index < -0.39 is 36.3 Å². The van der Waals surface area contributed by atoms with Crippen molar-refractivity contribution in [2.45, 2.75) is 44.3 Å². The van der Waals surface area contributed by atoms with Crippen molar-refractivity contribution in [3.05, 3.63) is 39.3 Å². The number of rotatable bonds is 5. The summed E-state index contributed by atoms with van der Waals surface area (Å²) < 4.78 is 40.3. The number of H-pyrrole nitrogens is 2. The van der Waals surface area contributed by atoms with Crippen molar-refractivity contribution in [1.82, 2.24) is 24.4 Å². The van der Waals surface area contributed by atoms with Gasteiger partial charge in [-0.25, -0.2) is 9.78 Å². The summed E-state index contributed by atoms with van der Waals surface area (Å²) in [7, 11) is 0. The number of carbonyl (C=O) groups is 1. The summed E-state index contributed by atoms with van der Waals surface area (Å²) in [6, 6.07) is 3.08. The molecule has 0 spiro atoms. The van der Waals surface area contributed by atoms with Crippen LogP contribution in [0.5, 0.6) is 0 Å². The zero-order chi connectivity index (χ0) is 23.8. The number of alkyl halides is 3. The van der Waals surface area contributed by atoms with E-state index in [1.165, 1.54) is 6.20 Å². The van der Waals surface area contributed by atoms with Crippen LogP contribution in [0, 0.1) is 17.2 Å². The third-order valence-corrected chi connectivity index (χ3v) is 6.10. The van der Waals surface area contributed by atoms with Gasteiger partial charge in [0.25, 0.3) is 5.56 Å². The largest absolute Gasteiger partial charge is 0.406 e. The number of aromatic nitrogens is 4. The third kappa shape index (κ3) is 4.62. The van der Waals surface area contributed by atoms with Gasteiger partial charge in [-0.2, -0.15) is 18.4 Å². The van der Waals surface area contributed by atoms with Gasteiger partial charge < -0.3 is 9.88 Å². The molecule has 2 N–H and O–H groups in total. The molecule has 12 heteroatoms. The second-order valence-electron chi connectivity index (χ2n) is 8.29. The van der Waals surface area contributed by atoms with Crippen molar-refractivity contribution in [2.24, 2.45) is 5.92 Å². The molecule has 0 saturated heterocycles. The normalized spacial score (nSPS) is 19.0. The maximum absolute atomic E-state index is 12.9. The Labute approximate surface area is 184 Å². The summed E-state index contributed by atoms with van der Waals surface area (Å²) >= 11 is 0. The van der Waals surface area contributed by atoms with Crippen LogP contribution in [0.1, 0.15) is 38.1 Å². The van der Waals surface area contributed by atoms with E-state index in [0.29, 0.717) is 47.1 Å². The molecular weight excluding hydrogens is 441 g/mol. The highest BCUT2D eigenvalue weighted by Crippen LogP contribution is 2.34. The predicted molar refractivity (Wildman–Crippen MR) is 112 cm³/mol. The molecule has 0 atom stereocenters. The highest BCUT2D eigenvalue weighted by molar-refractivity contribution is 6.01. The molecule has 0 aliphatic heterocycles. The number of carbonyl (C=O) groups excluding carboxylic acids is 1. The molecule has 1 fully saturated rings. The van der Waals surface area contributed by atoms with Crippen LogP contribution in [0.25, 0.3) is 21.9 Å². The highest BCUT2D eigenvalue weighted by Gasteiger charge is 2.35. The minimum Gasteiger partial charge on any atom is -0.346 e. The average Bonchev–Trinajstić information content (AvgIpc) is 3.23. The molecule has 3 aromatic rings. The van der Waals surface area contributed by atoms with E-state index in [9.17, 15) is 27.6 Å². The highest BCUT2D eigenvalue weighted by atomic mass is 19.4. The summed E-state index contributed by atoms with van der Waals surface area (Å²) in [5.74, 6) is -1.04. The van der Waals surface area contributed by atoms with E-state index >= 15 is 0 Å². The molecule has 1 aliphatic carbocycles. The number of hydrogen-bond acceptors (Lipinski definition) is 5. The van der Waals surface area contributed by atoms with Gasteiger partial charge in [0.15, 0.2) is 0 Å². The Morgan fingerprint density at radius 1 is 1.24 bits per heavy atom. The Bertz CT molecular complexity index is 1340. The molecule has 0 radical (unpaired) electrons. The van der Waals surface area contributed by atoms with Crippen molar-refractivity contribution >= 4 is 27.8 Å². The minimum atomic E-state index is -4.56. The van der Waals surface area contributed by atoms with Crippen LogP contribution >= 0.6 is 0 Å². The lowest BCUT2D eigenvalue weighted by Crippen LogP contribution is -2.42. The van der Waals surface area contributed by atoms with E-state index in [4.69, 9.17) is 5.26 Å². The van der Waals surface area contributed by atoms with Crippen LogP contribution in [0.2, 0.25) is 0 Å². The molecule has 3 heterocycles. The van der Waals surface area contributed by atoms with Gasteiger partial charge in [0, 0.05) is 30.4 Å². The van der Waals surface area contributed by atoms with Crippen molar-refractivity contribution in [3.8, 4) is 6.07 Å². The smallest absolute Gasteiger partial charge is 0.346 e. The van der Waals surface area contributed by atoms with Crippen LogP contribution in [0.3, 0.4) is 0 Å². The number of nitrogens with one attached hydrogen (secondary N) is 2.